The standard InChI is InChI=1S/C11H19N3O2/c1-16-9-11(4-2-5-11)8-14-10(15)13-7-3-6-12/h2-5,7-9H2,1H3,(H2,13,14,15). The van der Waals surface area contributed by atoms with Crippen molar-refractivity contribution in [2.75, 3.05) is 26.8 Å². The van der Waals surface area contributed by atoms with Gasteiger partial charge in [-0.15, -0.1) is 0 Å². The fraction of sp³-hybridized carbons (Fsp3) is 0.818. The Morgan fingerprint density at radius 2 is 2.25 bits per heavy atom. The normalized spacial score (nSPS) is 17.0. The molecule has 0 aromatic heterocycles. The number of carbonyl (C=O) groups is 1. The zero-order valence-electron chi connectivity index (χ0n) is 9.71. The molecule has 1 aliphatic rings. The Kier molecular flexibility index (Phi) is 5.06. The summed E-state index contributed by atoms with van der Waals surface area (Å²) < 4.78 is 5.17. The molecule has 0 unspecified atom stereocenters. The van der Waals surface area contributed by atoms with Gasteiger partial charge in [-0.25, -0.2) is 4.79 Å². The third kappa shape index (κ3) is 3.70. The molecule has 0 bridgehead atoms. The number of rotatable bonds is 6. The summed E-state index contributed by atoms with van der Waals surface area (Å²) in [6, 6.07) is 1.78. The number of carbonyl (C=O) groups excluding carboxylic acids is 1. The molecule has 1 saturated carbocycles. The third-order valence-electron chi connectivity index (χ3n) is 3.01. The molecule has 5 heteroatoms. The van der Waals surface area contributed by atoms with E-state index in [1.807, 2.05) is 6.07 Å². The molecule has 0 spiro atoms. The van der Waals surface area contributed by atoms with Crippen LogP contribution in [0.3, 0.4) is 0 Å². The Bertz CT molecular complexity index is 269. The minimum Gasteiger partial charge on any atom is -0.384 e. The van der Waals surface area contributed by atoms with Crippen molar-refractivity contribution in [3.63, 3.8) is 0 Å². The summed E-state index contributed by atoms with van der Waals surface area (Å²) in [5.74, 6) is 0. The Morgan fingerprint density at radius 3 is 2.75 bits per heavy atom. The first kappa shape index (κ1) is 12.8. The molecule has 5 nitrogen and oxygen atoms in total. The van der Waals surface area contributed by atoms with Crippen LogP contribution in [-0.4, -0.2) is 32.8 Å². The highest BCUT2D eigenvalue weighted by Gasteiger charge is 2.37. The van der Waals surface area contributed by atoms with Crippen LogP contribution in [0.15, 0.2) is 0 Å². The van der Waals surface area contributed by atoms with Crippen LogP contribution in [-0.2, 0) is 4.74 Å². The second-order valence-corrected chi connectivity index (χ2v) is 4.30. The molecule has 0 heterocycles. The minimum absolute atomic E-state index is 0.140. The molecule has 0 atom stereocenters. The second kappa shape index (κ2) is 6.33. The van der Waals surface area contributed by atoms with Crippen LogP contribution < -0.4 is 10.6 Å². The maximum absolute atomic E-state index is 11.3. The number of urea groups is 1. The van der Waals surface area contributed by atoms with E-state index in [0.29, 0.717) is 26.1 Å². The highest BCUT2D eigenvalue weighted by atomic mass is 16.5. The number of nitriles is 1. The van der Waals surface area contributed by atoms with Crippen molar-refractivity contribution in [3.05, 3.63) is 0 Å². The highest BCUT2D eigenvalue weighted by Crippen LogP contribution is 2.40. The van der Waals surface area contributed by atoms with Crippen LogP contribution in [0.4, 0.5) is 4.79 Å². The van der Waals surface area contributed by atoms with Crippen molar-refractivity contribution < 1.29 is 9.53 Å². The molecule has 1 rings (SSSR count). The Morgan fingerprint density at radius 1 is 1.50 bits per heavy atom. The van der Waals surface area contributed by atoms with Gasteiger partial charge in [0.05, 0.1) is 19.1 Å². The van der Waals surface area contributed by atoms with Crippen LogP contribution in [0.5, 0.6) is 0 Å². The largest absolute Gasteiger partial charge is 0.384 e. The molecule has 16 heavy (non-hydrogen) atoms. The van der Waals surface area contributed by atoms with E-state index in [1.54, 1.807) is 7.11 Å². The molecular formula is C11H19N3O2. The van der Waals surface area contributed by atoms with Gasteiger partial charge < -0.3 is 15.4 Å². The first-order valence-corrected chi connectivity index (χ1v) is 5.60. The van der Waals surface area contributed by atoms with Gasteiger partial charge in [0, 0.05) is 25.6 Å². The highest BCUT2D eigenvalue weighted by molar-refractivity contribution is 5.73. The molecule has 0 aliphatic heterocycles. The zero-order valence-corrected chi connectivity index (χ0v) is 9.71. The number of amides is 2. The first-order valence-electron chi connectivity index (χ1n) is 5.60. The summed E-state index contributed by atoms with van der Waals surface area (Å²) in [7, 11) is 1.69. The van der Waals surface area contributed by atoms with Crippen LogP contribution in [0.2, 0.25) is 0 Å². The lowest BCUT2D eigenvalue weighted by Crippen LogP contribution is -2.47. The maximum Gasteiger partial charge on any atom is 0.314 e. The minimum atomic E-state index is -0.197. The fourth-order valence-corrected chi connectivity index (χ4v) is 1.92. The lowest BCUT2D eigenvalue weighted by molar-refractivity contribution is 0.0200. The molecule has 2 N–H and O–H groups in total. The van der Waals surface area contributed by atoms with E-state index < -0.39 is 0 Å². The number of ether oxygens (including phenoxy) is 1. The summed E-state index contributed by atoms with van der Waals surface area (Å²) >= 11 is 0. The number of nitrogens with one attached hydrogen (secondary N) is 2. The van der Waals surface area contributed by atoms with Gasteiger partial charge in [0.25, 0.3) is 0 Å². The Hall–Kier alpha value is -1.28. The van der Waals surface area contributed by atoms with Gasteiger partial charge in [0.1, 0.15) is 0 Å². The number of nitrogens with zero attached hydrogens (tertiary/aromatic N) is 1. The van der Waals surface area contributed by atoms with Crippen LogP contribution in [0.25, 0.3) is 0 Å². The summed E-state index contributed by atoms with van der Waals surface area (Å²) in [6.45, 7) is 1.75. The lowest BCUT2D eigenvalue weighted by atomic mass is 9.69. The molecular weight excluding hydrogens is 206 g/mol. The van der Waals surface area contributed by atoms with Gasteiger partial charge in [0.15, 0.2) is 0 Å². The van der Waals surface area contributed by atoms with E-state index in [0.717, 1.165) is 12.8 Å². The lowest BCUT2D eigenvalue weighted by Gasteiger charge is -2.41. The average molecular weight is 225 g/mol. The average Bonchev–Trinajstić information content (AvgIpc) is 2.22. The zero-order chi connectivity index (χ0) is 11.9. The van der Waals surface area contributed by atoms with Gasteiger partial charge in [-0.05, 0) is 12.8 Å². The molecule has 0 aromatic rings. The SMILES string of the molecule is COCC1(CNC(=O)NCCC#N)CCC1. The first-order chi connectivity index (χ1) is 7.72. The summed E-state index contributed by atoms with van der Waals surface area (Å²) in [6.07, 6.45) is 3.77. The van der Waals surface area contributed by atoms with Crippen molar-refractivity contribution in [2.45, 2.75) is 25.7 Å². The maximum atomic E-state index is 11.3. The van der Waals surface area contributed by atoms with E-state index in [2.05, 4.69) is 10.6 Å². The molecule has 0 radical (unpaired) electrons. The molecule has 1 aliphatic carbocycles. The van der Waals surface area contributed by atoms with Gasteiger partial charge in [-0.1, -0.05) is 6.42 Å². The smallest absolute Gasteiger partial charge is 0.314 e. The predicted octanol–water partition coefficient (Wildman–Crippen LogP) is 1.02. The van der Waals surface area contributed by atoms with Gasteiger partial charge in [0.2, 0.25) is 0 Å². The van der Waals surface area contributed by atoms with E-state index in [1.165, 1.54) is 6.42 Å². The summed E-state index contributed by atoms with van der Waals surface area (Å²) in [4.78, 5) is 11.3. The molecule has 1 fully saturated rings. The van der Waals surface area contributed by atoms with E-state index in [-0.39, 0.29) is 11.4 Å². The van der Waals surface area contributed by atoms with Crippen molar-refractivity contribution >= 4 is 6.03 Å². The van der Waals surface area contributed by atoms with Gasteiger partial charge >= 0.3 is 6.03 Å². The summed E-state index contributed by atoms with van der Waals surface area (Å²) in [5, 5.41) is 13.8. The number of hydrogen-bond donors (Lipinski definition) is 2. The van der Waals surface area contributed by atoms with E-state index in [4.69, 9.17) is 10.00 Å². The molecule has 0 aromatic carbocycles. The monoisotopic (exact) mass is 225 g/mol. The fourth-order valence-electron chi connectivity index (χ4n) is 1.92. The van der Waals surface area contributed by atoms with E-state index >= 15 is 0 Å². The van der Waals surface area contributed by atoms with Crippen molar-refractivity contribution in [1.82, 2.24) is 10.6 Å². The van der Waals surface area contributed by atoms with E-state index in [9.17, 15) is 4.79 Å². The molecule has 90 valence electrons. The molecule has 2 amide bonds. The third-order valence-corrected chi connectivity index (χ3v) is 3.01. The Labute approximate surface area is 96.2 Å². The number of methoxy groups -OCH3 is 1. The predicted molar refractivity (Wildman–Crippen MR) is 59.8 cm³/mol. The second-order valence-electron chi connectivity index (χ2n) is 4.30. The summed E-state index contributed by atoms with van der Waals surface area (Å²) in [5.41, 5.74) is 0.140. The van der Waals surface area contributed by atoms with Crippen LogP contribution in [0.1, 0.15) is 25.7 Å². The van der Waals surface area contributed by atoms with Gasteiger partial charge in [-0.2, -0.15) is 5.26 Å². The van der Waals surface area contributed by atoms with Gasteiger partial charge in [-0.3, -0.25) is 0 Å². The topological polar surface area (TPSA) is 74.2 Å². The Balaban J connectivity index is 2.17. The van der Waals surface area contributed by atoms with Crippen molar-refractivity contribution in [2.24, 2.45) is 5.41 Å². The number of hydrogen-bond acceptors (Lipinski definition) is 3. The van der Waals surface area contributed by atoms with Crippen molar-refractivity contribution in [1.29, 1.82) is 5.26 Å². The van der Waals surface area contributed by atoms with Crippen LogP contribution in [0, 0.1) is 16.7 Å². The molecule has 0 saturated heterocycles. The quantitative estimate of drug-likeness (QED) is 0.663. The van der Waals surface area contributed by atoms with Crippen LogP contribution >= 0.6 is 0 Å². The van der Waals surface area contributed by atoms with Crippen molar-refractivity contribution in [3.8, 4) is 6.07 Å².